The lowest BCUT2D eigenvalue weighted by Gasteiger charge is -2.43. The molecule has 52 heavy (non-hydrogen) atoms. The van der Waals surface area contributed by atoms with E-state index >= 15 is 0 Å². The first kappa shape index (κ1) is 30.9. The first-order valence-electron chi connectivity index (χ1n) is 18.2. The molecule has 0 radical (unpaired) electrons. The second-order valence-corrected chi connectivity index (χ2v) is 15.3. The molecule has 0 atom stereocenters. The van der Waals surface area contributed by atoms with Gasteiger partial charge in [0.15, 0.2) is 0 Å². The Bertz CT molecular complexity index is 2660. The van der Waals surface area contributed by atoms with Crippen LogP contribution in [0.4, 0.5) is 0 Å². The largest absolute Gasteiger partial charge is 0.0894 e. The van der Waals surface area contributed by atoms with Gasteiger partial charge in [0, 0.05) is 15.2 Å². The molecule has 10 rings (SSSR count). The lowest BCUT2D eigenvalue weighted by Crippen LogP contribution is -2.36. The van der Waals surface area contributed by atoms with Crippen molar-refractivity contribution in [1.29, 1.82) is 0 Å². The predicted octanol–water partition coefficient (Wildman–Crippen LogP) is 13.7. The van der Waals surface area contributed by atoms with Gasteiger partial charge in [0.25, 0.3) is 0 Å². The van der Waals surface area contributed by atoms with E-state index in [2.05, 4.69) is 194 Å². The predicted molar refractivity (Wildman–Crippen MR) is 221 cm³/mol. The normalized spacial score (nSPS) is 13.2. The summed E-state index contributed by atoms with van der Waals surface area (Å²) >= 11 is 1.94. The second kappa shape index (κ2) is 12.7. The van der Waals surface area contributed by atoms with Crippen molar-refractivity contribution in [3.05, 3.63) is 216 Å². The molecule has 1 aliphatic rings. The van der Waals surface area contributed by atoms with Crippen molar-refractivity contribution in [2.45, 2.75) is 28.0 Å². The average Bonchev–Trinajstić information content (AvgIpc) is 3.21. The zero-order chi connectivity index (χ0) is 34.5. The Labute approximate surface area is 309 Å². The lowest BCUT2D eigenvalue weighted by molar-refractivity contribution is 0.494. The second-order valence-electron chi connectivity index (χ2n) is 14.2. The molecule has 0 spiro atoms. The first-order valence-corrected chi connectivity index (χ1v) is 19.0. The third-order valence-electron chi connectivity index (χ3n) is 11.1. The van der Waals surface area contributed by atoms with Crippen molar-refractivity contribution in [1.82, 2.24) is 0 Å². The SMILES string of the molecule is c1ccc(-c2ccc(CC3(Cc4ccc(-c5ccc6ccccc6c5)cc4)c4c(ccc5ccccc45)Sc4ccc5ccccc5c43)cc2)cc1. The van der Waals surface area contributed by atoms with E-state index in [4.69, 9.17) is 0 Å². The Balaban J connectivity index is 1.18. The summed E-state index contributed by atoms with van der Waals surface area (Å²) in [6.07, 6.45) is 1.77. The summed E-state index contributed by atoms with van der Waals surface area (Å²) in [5.41, 5.74) is 10.3. The van der Waals surface area contributed by atoms with E-state index in [1.54, 1.807) is 0 Å². The van der Waals surface area contributed by atoms with Crippen LogP contribution in [0.1, 0.15) is 22.3 Å². The van der Waals surface area contributed by atoms with Crippen LogP contribution in [0.25, 0.3) is 54.6 Å². The molecule has 1 heteroatoms. The van der Waals surface area contributed by atoms with Gasteiger partial charge in [0.05, 0.1) is 0 Å². The summed E-state index contributed by atoms with van der Waals surface area (Å²) in [6.45, 7) is 0. The van der Waals surface area contributed by atoms with E-state index in [0.717, 1.165) is 12.8 Å². The molecule has 0 saturated heterocycles. The van der Waals surface area contributed by atoms with Crippen LogP contribution >= 0.6 is 11.8 Å². The van der Waals surface area contributed by atoms with E-state index in [1.165, 1.54) is 86.6 Å². The maximum atomic E-state index is 2.38. The highest BCUT2D eigenvalue weighted by Crippen LogP contribution is 2.56. The van der Waals surface area contributed by atoms with Crippen LogP contribution in [-0.2, 0) is 18.3 Å². The monoisotopic (exact) mass is 680 g/mol. The highest BCUT2D eigenvalue weighted by molar-refractivity contribution is 7.99. The Kier molecular flexibility index (Phi) is 7.55. The van der Waals surface area contributed by atoms with Crippen LogP contribution in [0.5, 0.6) is 0 Å². The maximum Gasteiger partial charge on any atom is 0.0318 e. The van der Waals surface area contributed by atoms with Crippen molar-refractivity contribution in [2.75, 3.05) is 0 Å². The quantitative estimate of drug-likeness (QED) is 0.168. The molecule has 9 aromatic carbocycles. The van der Waals surface area contributed by atoms with Crippen molar-refractivity contribution in [2.24, 2.45) is 0 Å². The summed E-state index contributed by atoms with van der Waals surface area (Å²) in [4.78, 5) is 2.71. The van der Waals surface area contributed by atoms with E-state index in [9.17, 15) is 0 Å². The van der Waals surface area contributed by atoms with Gasteiger partial charge in [-0.1, -0.05) is 188 Å². The number of hydrogen-bond acceptors (Lipinski definition) is 1. The first-order chi connectivity index (χ1) is 25.7. The zero-order valence-corrected chi connectivity index (χ0v) is 29.6. The molecule has 0 saturated carbocycles. The summed E-state index contributed by atoms with van der Waals surface area (Å²) < 4.78 is 0. The highest BCUT2D eigenvalue weighted by atomic mass is 32.2. The van der Waals surface area contributed by atoms with Crippen molar-refractivity contribution >= 4 is 44.1 Å². The highest BCUT2D eigenvalue weighted by Gasteiger charge is 2.43. The molecular weight excluding hydrogens is 645 g/mol. The average molecular weight is 681 g/mol. The topological polar surface area (TPSA) is 0 Å². The minimum Gasteiger partial charge on any atom is -0.0894 e. The summed E-state index contributed by atoms with van der Waals surface area (Å²) in [5, 5.41) is 7.82. The molecule has 1 aliphatic heterocycles. The van der Waals surface area contributed by atoms with Gasteiger partial charge < -0.3 is 0 Å². The van der Waals surface area contributed by atoms with Gasteiger partial charge in [-0.3, -0.25) is 0 Å². The molecular formula is C51H36S. The minimum absolute atomic E-state index is 0.323. The fourth-order valence-corrected chi connectivity index (χ4v) is 9.97. The molecule has 0 N–H and O–H groups in total. The Hall–Kier alpha value is -5.89. The molecule has 0 aliphatic carbocycles. The third-order valence-corrected chi connectivity index (χ3v) is 12.2. The summed E-state index contributed by atoms with van der Waals surface area (Å²) in [7, 11) is 0. The van der Waals surface area contributed by atoms with E-state index < -0.39 is 0 Å². The fourth-order valence-electron chi connectivity index (χ4n) is 8.65. The van der Waals surface area contributed by atoms with Gasteiger partial charge >= 0.3 is 0 Å². The standard InChI is InChI=1S/C51H36S/c1-2-10-37(11-3-1)39-22-18-35(19-23-39)33-51(34-36-20-24-40(25-21-36)44-27-26-38-12-4-5-15-43(38)32-44)49-45-16-8-6-13-41(45)28-30-47(49)52-48-31-29-42-14-7-9-17-46(42)50(48)51/h1-32H,33-34H2. The van der Waals surface area contributed by atoms with Crippen molar-refractivity contribution in [3.63, 3.8) is 0 Å². The number of rotatable bonds is 6. The molecule has 0 nitrogen and oxygen atoms in total. The third kappa shape index (κ3) is 5.32. The van der Waals surface area contributed by atoms with Crippen LogP contribution in [0.3, 0.4) is 0 Å². The van der Waals surface area contributed by atoms with Crippen LogP contribution in [-0.4, -0.2) is 0 Å². The molecule has 0 amide bonds. The molecule has 0 unspecified atom stereocenters. The molecule has 0 fully saturated rings. The van der Waals surface area contributed by atoms with Gasteiger partial charge in [-0.15, -0.1) is 0 Å². The van der Waals surface area contributed by atoms with Crippen LogP contribution in [0.2, 0.25) is 0 Å². The van der Waals surface area contributed by atoms with Crippen LogP contribution in [0.15, 0.2) is 204 Å². The Morgan fingerprint density at radius 2 is 0.750 bits per heavy atom. The molecule has 9 aromatic rings. The molecule has 0 aromatic heterocycles. The Morgan fingerprint density at radius 1 is 0.327 bits per heavy atom. The van der Waals surface area contributed by atoms with Crippen LogP contribution in [0, 0.1) is 0 Å². The van der Waals surface area contributed by atoms with Crippen LogP contribution < -0.4 is 0 Å². The van der Waals surface area contributed by atoms with E-state index in [1.807, 2.05) is 11.8 Å². The maximum absolute atomic E-state index is 2.38. The number of hydrogen-bond donors (Lipinski definition) is 0. The minimum atomic E-state index is -0.323. The van der Waals surface area contributed by atoms with Gasteiger partial charge in [0.2, 0.25) is 0 Å². The Morgan fingerprint density at radius 3 is 1.33 bits per heavy atom. The molecule has 0 bridgehead atoms. The van der Waals surface area contributed by atoms with Crippen molar-refractivity contribution in [3.8, 4) is 22.3 Å². The van der Waals surface area contributed by atoms with Gasteiger partial charge in [0.1, 0.15) is 0 Å². The smallest absolute Gasteiger partial charge is 0.0318 e. The summed E-state index contributed by atoms with van der Waals surface area (Å²) in [5.74, 6) is 0. The van der Waals surface area contributed by atoms with Gasteiger partial charge in [-0.25, -0.2) is 0 Å². The van der Waals surface area contributed by atoms with Gasteiger partial charge in [-0.2, -0.15) is 0 Å². The molecule has 246 valence electrons. The molecule has 1 heterocycles. The van der Waals surface area contributed by atoms with Gasteiger partial charge in [-0.05, 0) is 108 Å². The van der Waals surface area contributed by atoms with E-state index in [0.29, 0.717) is 0 Å². The number of fused-ring (bicyclic) bond motifs is 7. The number of benzene rings is 9. The lowest BCUT2D eigenvalue weighted by atomic mass is 9.64. The van der Waals surface area contributed by atoms with Crippen molar-refractivity contribution < 1.29 is 0 Å². The fraction of sp³-hybridized carbons (Fsp3) is 0.0588. The summed E-state index contributed by atoms with van der Waals surface area (Å²) in [6, 6.07) is 72.3. The zero-order valence-electron chi connectivity index (χ0n) is 28.8. The van der Waals surface area contributed by atoms with E-state index in [-0.39, 0.29) is 5.41 Å².